The summed E-state index contributed by atoms with van der Waals surface area (Å²) < 4.78 is 1.99. The number of aryl methyl sites for hydroxylation is 2. The van der Waals surface area contributed by atoms with Gasteiger partial charge in [0.25, 0.3) is 0 Å². The Labute approximate surface area is 135 Å². The molecule has 0 saturated carbocycles. The number of nitrogens with zero attached hydrogens (tertiary/aromatic N) is 2. The Bertz CT molecular complexity index is 761. The predicted molar refractivity (Wildman–Crippen MR) is 91.5 cm³/mol. The molecule has 2 aromatic carbocycles. The molecular weight excluding hydrogens is 290 g/mol. The number of rotatable bonds is 4. The normalized spacial score (nSPS) is 10.9. The molecule has 0 aliphatic rings. The largest absolute Gasteiger partial charge is 0.326 e. The van der Waals surface area contributed by atoms with E-state index in [0.717, 1.165) is 22.0 Å². The first kappa shape index (κ1) is 14.9. The Morgan fingerprint density at radius 3 is 2.32 bits per heavy atom. The Kier molecular flexibility index (Phi) is 4.32. The maximum absolute atomic E-state index is 5.95. The molecule has 1 heterocycles. The topological polar surface area (TPSA) is 43.8 Å². The van der Waals surface area contributed by atoms with Crippen molar-refractivity contribution >= 4 is 11.8 Å². The van der Waals surface area contributed by atoms with Crippen LogP contribution in [0.2, 0.25) is 0 Å². The van der Waals surface area contributed by atoms with E-state index in [-0.39, 0.29) is 0 Å². The second-order valence-electron chi connectivity index (χ2n) is 5.24. The van der Waals surface area contributed by atoms with Crippen molar-refractivity contribution in [3.8, 4) is 5.69 Å². The molecule has 4 heteroatoms. The molecule has 3 rings (SSSR count). The lowest BCUT2D eigenvalue weighted by molar-refractivity contribution is 0.788. The molecule has 0 aliphatic heterocycles. The molecule has 1 aromatic heterocycles. The third-order valence-corrected chi connectivity index (χ3v) is 4.70. The van der Waals surface area contributed by atoms with Gasteiger partial charge in [-0.3, -0.25) is 0 Å². The van der Waals surface area contributed by atoms with Gasteiger partial charge in [0, 0.05) is 17.0 Å². The van der Waals surface area contributed by atoms with Crippen LogP contribution < -0.4 is 5.73 Å². The molecule has 0 saturated heterocycles. The zero-order valence-electron chi connectivity index (χ0n) is 12.8. The quantitative estimate of drug-likeness (QED) is 0.789. The van der Waals surface area contributed by atoms with Crippen LogP contribution in [0.15, 0.2) is 64.5 Å². The van der Waals surface area contributed by atoms with Gasteiger partial charge >= 0.3 is 0 Å². The van der Waals surface area contributed by atoms with E-state index in [1.807, 2.05) is 29.8 Å². The third-order valence-electron chi connectivity index (χ3n) is 3.58. The van der Waals surface area contributed by atoms with Crippen molar-refractivity contribution < 1.29 is 0 Å². The summed E-state index contributed by atoms with van der Waals surface area (Å²) >= 11 is 1.71. The van der Waals surface area contributed by atoms with Gasteiger partial charge in [0.05, 0.1) is 11.4 Å². The van der Waals surface area contributed by atoms with E-state index in [2.05, 4.69) is 48.4 Å². The zero-order chi connectivity index (χ0) is 15.5. The molecule has 0 fully saturated rings. The molecule has 0 aliphatic carbocycles. The van der Waals surface area contributed by atoms with Gasteiger partial charge in [-0.1, -0.05) is 47.7 Å². The lowest BCUT2D eigenvalue weighted by atomic mass is 10.2. The van der Waals surface area contributed by atoms with Gasteiger partial charge in [0.15, 0.2) is 0 Å². The smallest absolute Gasteiger partial charge is 0.109 e. The summed E-state index contributed by atoms with van der Waals surface area (Å²) in [6.45, 7) is 4.60. The van der Waals surface area contributed by atoms with Crippen LogP contribution in [0.1, 0.15) is 16.8 Å². The van der Waals surface area contributed by atoms with Crippen LogP contribution >= 0.6 is 11.8 Å². The molecular formula is C18H19N3S. The van der Waals surface area contributed by atoms with Crippen LogP contribution in [-0.4, -0.2) is 9.78 Å². The highest BCUT2D eigenvalue weighted by Crippen LogP contribution is 2.33. The Morgan fingerprint density at radius 1 is 1.00 bits per heavy atom. The van der Waals surface area contributed by atoms with Crippen LogP contribution in [0, 0.1) is 13.8 Å². The average Bonchev–Trinajstić information content (AvgIpc) is 2.86. The summed E-state index contributed by atoms with van der Waals surface area (Å²) in [5.74, 6) is 0. The summed E-state index contributed by atoms with van der Waals surface area (Å²) in [6.07, 6.45) is 0. The fourth-order valence-electron chi connectivity index (χ4n) is 2.34. The van der Waals surface area contributed by atoms with Gasteiger partial charge < -0.3 is 5.73 Å². The van der Waals surface area contributed by atoms with Crippen LogP contribution in [0.25, 0.3) is 5.69 Å². The summed E-state index contributed by atoms with van der Waals surface area (Å²) in [6, 6.07) is 18.7. The van der Waals surface area contributed by atoms with Crippen LogP contribution in [-0.2, 0) is 6.54 Å². The minimum atomic E-state index is 0.493. The number of aromatic nitrogens is 2. The van der Waals surface area contributed by atoms with Crippen molar-refractivity contribution in [1.29, 1.82) is 0 Å². The number of para-hydroxylation sites is 1. The van der Waals surface area contributed by atoms with Crippen LogP contribution in [0.5, 0.6) is 0 Å². The van der Waals surface area contributed by atoms with Crippen molar-refractivity contribution in [2.45, 2.75) is 30.3 Å². The lowest BCUT2D eigenvalue weighted by Crippen LogP contribution is -2.01. The lowest BCUT2D eigenvalue weighted by Gasteiger charge is -2.09. The summed E-state index contributed by atoms with van der Waals surface area (Å²) in [5, 5.41) is 5.77. The van der Waals surface area contributed by atoms with Gasteiger partial charge in [-0.2, -0.15) is 5.10 Å². The molecule has 0 unspecified atom stereocenters. The fourth-order valence-corrected chi connectivity index (χ4v) is 3.42. The average molecular weight is 309 g/mol. The SMILES string of the molecule is Cc1ccc(Sc2c(CN)c(C)nn2-c2ccccc2)cc1. The minimum Gasteiger partial charge on any atom is -0.326 e. The van der Waals surface area contributed by atoms with E-state index in [4.69, 9.17) is 5.73 Å². The van der Waals surface area contributed by atoms with E-state index in [0.29, 0.717) is 6.54 Å². The number of hydrogen-bond donors (Lipinski definition) is 1. The highest BCUT2D eigenvalue weighted by molar-refractivity contribution is 7.99. The molecule has 0 amide bonds. The van der Waals surface area contributed by atoms with Gasteiger partial charge in [-0.05, 0) is 38.1 Å². The molecule has 3 aromatic rings. The Morgan fingerprint density at radius 2 is 1.68 bits per heavy atom. The second-order valence-corrected chi connectivity index (χ2v) is 6.30. The van der Waals surface area contributed by atoms with Crippen molar-refractivity contribution in [1.82, 2.24) is 9.78 Å². The molecule has 3 nitrogen and oxygen atoms in total. The van der Waals surface area contributed by atoms with Crippen molar-refractivity contribution in [3.63, 3.8) is 0 Å². The first-order valence-electron chi connectivity index (χ1n) is 7.27. The van der Waals surface area contributed by atoms with Crippen LogP contribution in [0.3, 0.4) is 0 Å². The monoisotopic (exact) mass is 309 g/mol. The molecule has 0 radical (unpaired) electrons. The molecule has 0 bridgehead atoms. The highest BCUT2D eigenvalue weighted by Gasteiger charge is 2.16. The van der Waals surface area contributed by atoms with Crippen LogP contribution in [0.4, 0.5) is 0 Å². The maximum atomic E-state index is 5.95. The molecule has 0 atom stereocenters. The minimum absolute atomic E-state index is 0.493. The van der Waals surface area contributed by atoms with Crippen molar-refractivity contribution in [2.75, 3.05) is 0 Å². The molecule has 22 heavy (non-hydrogen) atoms. The zero-order valence-corrected chi connectivity index (χ0v) is 13.6. The number of benzene rings is 2. The first-order chi connectivity index (χ1) is 10.7. The Hall–Kier alpha value is -2.04. The molecule has 2 N–H and O–H groups in total. The van der Waals surface area contributed by atoms with Crippen molar-refractivity contribution in [2.24, 2.45) is 5.73 Å². The molecule has 0 spiro atoms. The van der Waals surface area contributed by atoms with E-state index < -0.39 is 0 Å². The fraction of sp³-hybridized carbons (Fsp3) is 0.167. The predicted octanol–water partition coefficient (Wildman–Crippen LogP) is 4.10. The standard InChI is InChI=1S/C18H19N3S/c1-13-8-10-16(11-9-13)22-18-17(12-19)14(2)20-21(18)15-6-4-3-5-7-15/h3-11H,12,19H2,1-2H3. The Balaban J connectivity index is 2.06. The summed E-state index contributed by atoms with van der Waals surface area (Å²) in [7, 11) is 0. The van der Waals surface area contributed by atoms with Gasteiger partial charge in [0.2, 0.25) is 0 Å². The second kappa shape index (κ2) is 6.38. The number of hydrogen-bond acceptors (Lipinski definition) is 3. The summed E-state index contributed by atoms with van der Waals surface area (Å²) in [4.78, 5) is 1.19. The van der Waals surface area contributed by atoms with Gasteiger partial charge in [-0.25, -0.2) is 4.68 Å². The van der Waals surface area contributed by atoms with E-state index in [1.165, 1.54) is 10.5 Å². The van der Waals surface area contributed by atoms with Gasteiger partial charge in [0.1, 0.15) is 5.03 Å². The third kappa shape index (κ3) is 2.93. The summed E-state index contributed by atoms with van der Waals surface area (Å²) in [5.41, 5.74) is 10.4. The van der Waals surface area contributed by atoms with E-state index in [9.17, 15) is 0 Å². The molecule has 112 valence electrons. The van der Waals surface area contributed by atoms with Gasteiger partial charge in [-0.15, -0.1) is 0 Å². The number of nitrogens with two attached hydrogens (primary N) is 1. The van der Waals surface area contributed by atoms with Crippen molar-refractivity contribution in [3.05, 3.63) is 71.4 Å². The maximum Gasteiger partial charge on any atom is 0.109 e. The van der Waals surface area contributed by atoms with E-state index >= 15 is 0 Å². The highest BCUT2D eigenvalue weighted by atomic mass is 32.2. The first-order valence-corrected chi connectivity index (χ1v) is 8.09. The van der Waals surface area contributed by atoms with E-state index in [1.54, 1.807) is 11.8 Å².